The van der Waals surface area contributed by atoms with Gasteiger partial charge in [0.25, 0.3) is 6.43 Å². The van der Waals surface area contributed by atoms with Gasteiger partial charge >= 0.3 is 0 Å². The number of halogens is 3. The number of aryl methyl sites for hydroxylation is 1. The van der Waals surface area contributed by atoms with E-state index in [1.54, 1.807) is 6.92 Å². The molecule has 0 fully saturated rings. The fraction of sp³-hybridized carbons (Fsp3) is 0.455. The van der Waals surface area contributed by atoms with Crippen molar-refractivity contribution in [3.05, 3.63) is 34.6 Å². The minimum Gasteiger partial charge on any atom is -0.396 e. The zero-order chi connectivity index (χ0) is 11.6. The Kier molecular flexibility index (Phi) is 3.74. The van der Waals surface area contributed by atoms with E-state index in [1.165, 1.54) is 13.0 Å². The summed E-state index contributed by atoms with van der Waals surface area (Å²) in [5, 5.41) is 8.88. The summed E-state index contributed by atoms with van der Waals surface area (Å²) in [5.41, 5.74) is 0.209. The van der Waals surface area contributed by atoms with E-state index in [2.05, 4.69) is 0 Å². The fourth-order valence-corrected chi connectivity index (χ4v) is 1.45. The molecule has 1 atom stereocenters. The molecule has 0 saturated heterocycles. The van der Waals surface area contributed by atoms with Crippen LogP contribution in [-0.2, 0) is 0 Å². The summed E-state index contributed by atoms with van der Waals surface area (Å²) in [6.07, 6.45) is -2.80. The van der Waals surface area contributed by atoms with Crippen molar-refractivity contribution < 1.29 is 18.3 Å². The summed E-state index contributed by atoms with van der Waals surface area (Å²) in [5.74, 6) is -1.15. The molecule has 0 aliphatic heterocycles. The van der Waals surface area contributed by atoms with Crippen LogP contribution in [0.2, 0.25) is 0 Å². The molecule has 1 nitrogen and oxygen atoms in total. The first-order chi connectivity index (χ1) is 6.97. The van der Waals surface area contributed by atoms with Gasteiger partial charge in [0.15, 0.2) is 0 Å². The third kappa shape index (κ3) is 2.50. The first-order valence-corrected chi connectivity index (χ1v) is 4.66. The summed E-state index contributed by atoms with van der Waals surface area (Å²) in [6.45, 7) is 3.02. The molecule has 1 N–H and O–H groups in total. The quantitative estimate of drug-likeness (QED) is 0.826. The third-order valence-electron chi connectivity index (χ3n) is 2.42. The van der Waals surface area contributed by atoms with Gasteiger partial charge in [0.05, 0.1) is 5.56 Å². The summed E-state index contributed by atoms with van der Waals surface area (Å²) in [6, 6.07) is 2.56. The van der Waals surface area contributed by atoms with Crippen LogP contribution in [0.3, 0.4) is 0 Å². The first-order valence-electron chi connectivity index (χ1n) is 4.66. The number of benzene rings is 1. The molecule has 0 saturated carbocycles. The molecule has 0 aromatic heterocycles. The van der Waals surface area contributed by atoms with E-state index in [0.29, 0.717) is 5.56 Å². The molecule has 0 aliphatic carbocycles. The number of aliphatic hydroxyl groups is 1. The number of aliphatic hydroxyl groups excluding tert-OH is 1. The SMILES string of the molecule is Cc1cc(C(C)CO)cc(F)c1C(F)F. The lowest BCUT2D eigenvalue weighted by molar-refractivity contribution is 0.145. The summed E-state index contributed by atoms with van der Waals surface area (Å²) < 4.78 is 38.1. The van der Waals surface area contributed by atoms with Gasteiger partial charge in [-0.3, -0.25) is 0 Å². The van der Waals surface area contributed by atoms with Crippen LogP contribution in [0.25, 0.3) is 0 Å². The predicted octanol–water partition coefficient (Wildman–Crippen LogP) is 3.17. The van der Waals surface area contributed by atoms with Gasteiger partial charge in [0.1, 0.15) is 5.82 Å². The Morgan fingerprint density at radius 2 is 1.93 bits per heavy atom. The average Bonchev–Trinajstić information content (AvgIpc) is 2.14. The van der Waals surface area contributed by atoms with E-state index in [-0.39, 0.29) is 18.1 Å². The second-order valence-corrected chi connectivity index (χ2v) is 3.62. The molecule has 4 heteroatoms. The van der Waals surface area contributed by atoms with Crippen molar-refractivity contribution in [3.63, 3.8) is 0 Å². The zero-order valence-electron chi connectivity index (χ0n) is 8.60. The van der Waals surface area contributed by atoms with Crippen molar-refractivity contribution in [2.75, 3.05) is 6.61 Å². The Labute approximate surface area is 86.5 Å². The highest BCUT2D eigenvalue weighted by Crippen LogP contribution is 2.28. The van der Waals surface area contributed by atoms with E-state index in [1.807, 2.05) is 0 Å². The Hall–Kier alpha value is -1.03. The topological polar surface area (TPSA) is 20.2 Å². The maximum atomic E-state index is 13.3. The molecule has 0 amide bonds. The zero-order valence-corrected chi connectivity index (χ0v) is 8.60. The minimum absolute atomic E-state index is 0.132. The standard InChI is InChI=1S/C11H13F3O/c1-6-3-8(7(2)5-15)4-9(12)10(6)11(13)14/h3-4,7,11,15H,5H2,1-2H3. The van der Waals surface area contributed by atoms with Crippen molar-refractivity contribution in [3.8, 4) is 0 Å². The molecule has 0 heterocycles. The highest BCUT2D eigenvalue weighted by atomic mass is 19.3. The van der Waals surface area contributed by atoms with Gasteiger partial charge in [0.2, 0.25) is 0 Å². The Morgan fingerprint density at radius 3 is 2.33 bits per heavy atom. The molecule has 1 aromatic carbocycles. The normalized spacial score (nSPS) is 13.3. The van der Waals surface area contributed by atoms with Crippen molar-refractivity contribution in [2.45, 2.75) is 26.2 Å². The molecule has 1 unspecified atom stereocenters. The third-order valence-corrected chi connectivity index (χ3v) is 2.42. The maximum Gasteiger partial charge on any atom is 0.266 e. The lowest BCUT2D eigenvalue weighted by Crippen LogP contribution is -2.03. The Bertz CT molecular complexity index is 327. The number of alkyl halides is 2. The highest BCUT2D eigenvalue weighted by Gasteiger charge is 2.18. The van der Waals surface area contributed by atoms with E-state index in [9.17, 15) is 13.2 Å². The Morgan fingerprint density at radius 1 is 1.33 bits per heavy atom. The van der Waals surface area contributed by atoms with Gasteiger partial charge in [-0.1, -0.05) is 13.0 Å². The van der Waals surface area contributed by atoms with Crippen LogP contribution >= 0.6 is 0 Å². The van der Waals surface area contributed by atoms with Crippen molar-refractivity contribution >= 4 is 0 Å². The van der Waals surface area contributed by atoms with Crippen LogP contribution in [0.4, 0.5) is 13.2 Å². The van der Waals surface area contributed by atoms with Crippen molar-refractivity contribution in [2.24, 2.45) is 0 Å². The molecular weight excluding hydrogens is 205 g/mol. The summed E-state index contributed by atoms with van der Waals surface area (Å²) in [4.78, 5) is 0. The van der Waals surface area contributed by atoms with Gasteiger partial charge in [-0.15, -0.1) is 0 Å². The largest absolute Gasteiger partial charge is 0.396 e. The van der Waals surface area contributed by atoms with Gasteiger partial charge in [-0.05, 0) is 24.1 Å². The van der Waals surface area contributed by atoms with Crippen LogP contribution in [0.15, 0.2) is 12.1 Å². The van der Waals surface area contributed by atoms with Gasteiger partial charge in [-0.25, -0.2) is 13.2 Å². The number of hydrogen-bond acceptors (Lipinski definition) is 1. The number of rotatable bonds is 3. The second-order valence-electron chi connectivity index (χ2n) is 3.62. The molecule has 0 radical (unpaired) electrons. The molecule has 15 heavy (non-hydrogen) atoms. The van der Waals surface area contributed by atoms with Gasteiger partial charge in [0, 0.05) is 12.5 Å². The monoisotopic (exact) mass is 218 g/mol. The molecule has 0 spiro atoms. The van der Waals surface area contributed by atoms with E-state index >= 15 is 0 Å². The summed E-state index contributed by atoms with van der Waals surface area (Å²) in [7, 11) is 0. The molecular formula is C11H13F3O. The van der Waals surface area contributed by atoms with Crippen LogP contribution in [-0.4, -0.2) is 11.7 Å². The minimum atomic E-state index is -2.80. The highest BCUT2D eigenvalue weighted by molar-refractivity contribution is 5.34. The fourth-order valence-electron chi connectivity index (χ4n) is 1.45. The van der Waals surface area contributed by atoms with Gasteiger partial charge in [-0.2, -0.15) is 0 Å². The van der Waals surface area contributed by atoms with Crippen LogP contribution < -0.4 is 0 Å². The smallest absolute Gasteiger partial charge is 0.266 e. The van der Waals surface area contributed by atoms with Crippen LogP contribution in [0.1, 0.15) is 36.0 Å². The van der Waals surface area contributed by atoms with Gasteiger partial charge < -0.3 is 5.11 Å². The predicted molar refractivity (Wildman–Crippen MR) is 51.6 cm³/mol. The molecule has 1 rings (SSSR count). The van der Waals surface area contributed by atoms with E-state index in [4.69, 9.17) is 5.11 Å². The maximum absolute atomic E-state index is 13.3. The van der Waals surface area contributed by atoms with E-state index < -0.39 is 17.8 Å². The Balaban J connectivity index is 3.19. The summed E-state index contributed by atoms with van der Waals surface area (Å²) >= 11 is 0. The second kappa shape index (κ2) is 4.66. The lowest BCUT2D eigenvalue weighted by atomic mass is 9.97. The van der Waals surface area contributed by atoms with Crippen LogP contribution in [0, 0.1) is 12.7 Å². The average molecular weight is 218 g/mol. The molecule has 0 bridgehead atoms. The first kappa shape index (κ1) is 12.0. The van der Waals surface area contributed by atoms with Crippen molar-refractivity contribution in [1.29, 1.82) is 0 Å². The van der Waals surface area contributed by atoms with Crippen molar-refractivity contribution in [1.82, 2.24) is 0 Å². The number of hydrogen-bond donors (Lipinski definition) is 1. The van der Waals surface area contributed by atoms with E-state index in [0.717, 1.165) is 6.07 Å². The molecule has 1 aromatic rings. The lowest BCUT2D eigenvalue weighted by Gasteiger charge is -2.13. The van der Waals surface area contributed by atoms with Crippen LogP contribution in [0.5, 0.6) is 0 Å². The molecule has 84 valence electrons. The molecule has 0 aliphatic rings.